The number of piperidine rings is 1. The monoisotopic (exact) mass is 201 g/mol. The molecule has 0 spiro atoms. The van der Waals surface area contributed by atoms with Crippen LogP contribution in [0.1, 0.15) is 19.8 Å². The van der Waals surface area contributed by atoms with Gasteiger partial charge in [0.1, 0.15) is 5.78 Å². The van der Waals surface area contributed by atoms with Crippen molar-refractivity contribution in [2.75, 3.05) is 33.9 Å². The lowest BCUT2D eigenvalue weighted by molar-refractivity contribution is -0.229. The van der Waals surface area contributed by atoms with Crippen LogP contribution >= 0.6 is 0 Å². The maximum absolute atomic E-state index is 10.9. The summed E-state index contributed by atoms with van der Waals surface area (Å²) in [6.07, 6.45) is 1.65. The van der Waals surface area contributed by atoms with E-state index in [0.29, 0.717) is 6.54 Å². The average molecular weight is 201 g/mol. The molecule has 1 heterocycles. The van der Waals surface area contributed by atoms with Gasteiger partial charge in [-0.2, -0.15) is 0 Å². The minimum absolute atomic E-state index is 0.215. The Morgan fingerprint density at radius 1 is 1.29 bits per heavy atom. The van der Waals surface area contributed by atoms with Crippen LogP contribution in [0.3, 0.4) is 0 Å². The lowest BCUT2D eigenvalue weighted by Crippen LogP contribution is -2.47. The van der Waals surface area contributed by atoms with Crippen LogP contribution in [-0.2, 0) is 14.3 Å². The standard InChI is InChI=1S/C10H19NO3/c1-9(12)8-11-6-4-10(13-2,14-3)5-7-11/h4-8H2,1-3H3. The molecule has 0 unspecified atom stereocenters. The number of methoxy groups -OCH3 is 2. The van der Waals surface area contributed by atoms with E-state index in [0.717, 1.165) is 25.9 Å². The fourth-order valence-corrected chi connectivity index (χ4v) is 1.86. The molecule has 0 amide bonds. The van der Waals surface area contributed by atoms with E-state index >= 15 is 0 Å². The number of nitrogens with zero attached hydrogens (tertiary/aromatic N) is 1. The Hall–Kier alpha value is -0.450. The highest BCUT2D eigenvalue weighted by atomic mass is 16.7. The fourth-order valence-electron chi connectivity index (χ4n) is 1.86. The van der Waals surface area contributed by atoms with E-state index in [1.165, 1.54) is 0 Å². The van der Waals surface area contributed by atoms with E-state index in [2.05, 4.69) is 4.90 Å². The fraction of sp³-hybridized carbons (Fsp3) is 0.900. The third-order valence-corrected chi connectivity index (χ3v) is 2.81. The summed E-state index contributed by atoms with van der Waals surface area (Å²) in [5, 5.41) is 0. The number of carbonyl (C=O) groups excluding carboxylic acids is 1. The maximum Gasteiger partial charge on any atom is 0.169 e. The van der Waals surface area contributed by atoms with Crippen LogP contribution in [0.2, 0.25) is 0 Å². The van der Waals surface area contributed by atoms with Gasteiger partial charge < -0.3 is 9.47 Å². The molecule has 4 heteroatoms. The lowest BCUT2D eigenvalue weighted by atomic mass is 10.0. The molecule has 0 atom stereocenters. The molecule has 0 aromatic carbocycles. The molecule has 0 saturated carbocycles. The SMILES string of the molecule is COC1(OC)CCN(CC(C)=O)CC1. The minimum Gasteiger partial charge on any atom is -0.353 e. The first-order valence-electron chi connectivity index (χ1n) is 4.94. The molecule has 14 heavy (non-hydrogen) atoms. The number of ether oxygens (including phenoxy) is 2. The zero-order valence-corrected chi connectivity index (χ0v) is 9.21. The molecular weight excluding hydrogens is 182 g/mol. The summed E-state index contributed by atoms with van der Waals surface area (Å²) in [4.78, 5) is 13.0. The molecule has 1 saturated heterocycles. The quantitative estimate of drug-likeness (QED) is 0.626. The van der Waals surface area contributed by atoms with Gasteiger partial charge in [-0.1, -0.05) is 0 Å². The summed E-state index contributed by atoms with van der Waals surface area (Å²) in [5.41, 5.74) is 0. The number of ketones is 1. The Bertz CT molecular complexity index is 192. The van der Waals surface area contributed by atoms with Gasteiger partial charge in [-0.05, 0) is 6.92 Å². The Kier molecular flexibility index (Phi) is 4.04. The van der Waals surface area contributed by atoms with Crippen LogP contribution in [-0.4, -0.2) is 50.3 Å². The van der Waals surface area contributed by atoms with Crippen LogP contribution < -0.4 is 0 Å². The minimum atomic E-state index is -0.423. The smallest absolute Gasteiger partial charge is 0.169 e. The van der Waals surface area contributed by atoms with Crippen LogP contribution in [0.4, 0.5) is 0 Å². The first-order chi connectivity index (χ1) is 6.62. The van der Waals surface area contributed by atoms with Crippen molar-refractivity contribution in [1.82, 2.24) is 4.90 Å². The third-order valence-electron chi connectivity index (χ3n) is 2.81. The Morgan fingerprint density at radius 3 is 2.14 bits per heavy atom. The highest BCUT2D eigenvalue weighted by Gasteiger charge is 2.34. The molecule has 0 aromatic heterocycles. The molecule has 0 radical (unpaired) electrons. The molecule has 82 valence electrons. The summed E-state index contributed by atoms with van der Waals surface area (Å²) < 4.78 is 10.7. The van der Waals surface area contributed by atoms with Gasteiger partial charge in [-0.25, -0.2) is 0 Å². The van der Waals surface area contributed by atoms with Gasteiger partial charge in [0, 0.05) is 40.2 Å². The van der Waals surface area contributed by atoms with Crippen molar-refractivity contribution in [1.29, 1.82) is 0 Å². The highest BCUT2D eigenvalue weighted by Crippen LogP contribution is 2.25. The summed E-state index contributed by atoms with van der Waals surface area (Å²) in [7, 11) is 3.34. The third kappa shape index (κ3) is 2.77. The first kappa shape index (κ1) is 11.6. The number of likely N-dealkylation sites (tertiary alicyclic amines) is 1. The molecule has 0 aromatic rings. The van der Waals surface area contributed by atoms with Crippen LogP contribution in [0, 0.1) is 0 Å². The summed E-state index contributed by atoms with van der Waals surface area (Å²) in [5.74, 6) is -0.208. The van der Waals surface area contributed by atoms with Crippen molar-refractivity contribution >= 4 is 5.78 Å². The summed E-state index contributed by atoms with van der Waals surface area (Å²) in [6, 6.07) is 0. The summed E-state index contributed by atoms with van der Waals surface area (Å²) >= 11 is 0. The van der Waals surface area contributed by atoms with Gasteiger partial charge in [0.25, 0.3) is 0 Å². The van der Waals surface area contributed by atoms with Gasteiger partial charge in [-0.3, -0.25) is 9.69 Å². The van der Waals surface area contributed by atoms with E-state index in [4.69, 9.17) is 9.47 Å². The molecule has 1 fully saturated rings. The van der Waals surface area contributed by atoms with Crippen LogP contribution in [0.25, 0.3) is 0 Å². The van der Waals surface area contributed by atoms with Crippen molar-refractivity contribution in [2.45, 2.75) is 25.6 Å². The van der Waals surface area contributed by atoms with E-state index in [1.54, 1.807) is 21.1 Å². The highest BCUT2D eigenvalue weighted by molar-refractivity contribution is 5.77. The Labute approximate surface area is 85.2 Å². The van der Waals surface area contributed by atoms with Crippen molar-refractivity contribution in [2.24, 2.45) is 0 Å². The Morgan fingerprint density at radius 2 is 1.79 bits per heavy atom. The van der Waals surface area contributed by atoms with Crippen LogP contribution in [0.15, 0.2) is 0 Å². The Balaban J connectivity index is 2.40. The van der Waals surface area contributed by atoms with Gasteiger partial charge in [0.2, 0.25) is 0 Å². The van der Waals surface area contributed by atoms with Crippen molar-refractivity contribution < 1.29 is 14.3 Å². The second kappa shape index (κ2) is 4.87. The summed E-state index contributed by atoms with van der Waals surface area (Å²) in [6.45, 7) is 3.89. The van der Waals surface area contributed by atoms with E-state index in [-0.39, 0.29) is 5.78 Å². The van der Waals surface area contributed by atoms with Crippen molar-refractivity contribution in [3.8, 4) is 0 Å². The van der Waals surface area contributed by atoms with E-state index < -0.39 is 5.79 Å². The van der Waals surface area contributed by atoms with Crippen LogP contribution in [0.5, 0.6) is 0 Å². The first-order valence-corrected chi connectivity index (χ1v) is 4.94. The largest absolute Gasteiger partial charge is 0.353 e. The van der Waals surface area contributed by atoms with Gasteiger partial charge in [-0.15, -0.1) is 0 Å². The molecular formula is C10H19NO3. The van der Waals surface area contributed by atoms with Gasteiger partial charge >= 0.3 is 0 Å². The molecule has 1 aliphatic rings. The second-order valence-electron chi connectivity index (χ2n) is 3.80. The number of Topliss-reactive ketones (excluding diaryl/α,β-unsaturated/α-hetero) is 1. The van der Waals surface area contributed by atoms with Gasteiger partial charge in [0.15, 0.2) is 5.79 Å². The van der Waals surface area contributed by atoms with Crippen molar-refractivity contribution in [3.63, 3.8) is 0 Å². The number of hydrogen-bond donors (Lipinski definition) is 0. The number of rotatable bonds is 4. The molecule has 0 bridgehead atoms. The average Bonchev–Trinajstić information content (AvgIpc) is 2.19. The second-order valence-corrected chi connectivity index (χ2v) is 3.80. The normalized spacial score (nSPS) is 22.2. The zero-order chi connectivity index (χ0) is 10.6. The van der Waals surface area contributed by atoms with E-state index in [1.807, 2.05) is 0 Å². The molecule has 0 aliphatic carbocycles. The number of carbonyl (C=O) groups is 1. The predicted molar refractivity (Wildman–Crippen MR) is 53.1 cm³/mol. The molecule has 1 rings (SSSR count). The van der Waals surface area contributed by atoms with Gasteiger partial charge in [0.05, 0.1) is 6.54 Å². The zero-order valence-electron chi connectivity index (χ0n) is 9.21. The lowest BCUT2D eigenvalue weighted by Gasteiger charge is -2.39. The van der Waals surface area contributed by atoms with Crippen molar-refractivity contribution in [3.05, 3.63) is 0 Å². The predicted octanol–water partition coefficient (Wildman–Crippen LogP) is 0.660. The molecule has 4 nitrogen and oxygen atoms in total. The van der Waals surface area contributed by atoms with E-state index in [9.17, 15) is 4.79 Å². The molecule has 0 N–H and O–H groups in total. The molecule has 1 aliphatic heterocycles. The maximum atomic E-state index is 10.9. The number of hydrogen-bond acceptors (Lipinski definition) is 4. The topological polar surface area (TPSA) is 38.8 Å².